The topological polar surface area (TPSA) is 79.5 Å². The minimum absolute atomic E-state index is 0.296. The Morgan fingerprint density at radius 3 is 2.67 bits per heavy atom. The molecule has 1 aliphatic carbocycles. The van der Waals surface area contributed by atoms with Crippen LogP contribution in [0, 0.1) is 0 Å². The van der Waals surface area contributed by atoms with E-state index < -0.39 is 0 Å². The minimum atomic E-state index is 0.296. The molecule has 1 saturated carbocycles. The summed E-state index contributed by atoms with van der Waals surface area (Å²) < 4.78 is 6.19. The van der Waals surface area contributed by atoms with Crippen molar-refractivity contribution in [1.82, 2.24) is 25.1 Å². The highest BCUT2D eigenvalue weighted by Gasteiger charge is 2.16. The van der Waals surface area contributed by atoms with E-state index in [2.05, 4.69) is 49.4 Å². The predicted octanol–water partition coefficient (Wildman–Crippen LogP) is 6.39. The lowest BCUT2D eigenvalue weighted by Gasteiger charge is -2.22. The standard InChI is InChI=1S/C27H25N5O/c1-2-7-19(8-3-1)33-20-13-18(16-28-17-20)25-15-27(32-31-25)26-14-22-21(9-6-11-24(22)30-26)23-10-4-5-12-29-23/h4-6,9-17,19,30H,1-3,7-8H2,(H,31,32). The molecule has 0 bridgehead atoms. The molecule has 1 fully saturated rings. The number of hydrogen-bond acceptors (Lipinski definition) is 4. The number of nitrogens with one attached hydrogen (secondary N) is 2. The minimum Gasteiger partial charge on any atom is -0.489 e. The summed E-state index contributed by atoms with van der Waals surface area (Å²) in [6, 6.07) is 18.4. The maximum Gasteiger partial charge on any atom is 0.138 e. The van der Waals surface area contributed by atoms with Crippen molar-refractivity contribution in [2.24, 2.45) is 0 Å². The Bertz CT molecular complexity index is 1380. The van der Waals surface area contributed by atoms with E-state index in [1.165, 1.54) is 19.3 Å². The fourth-order valence-electron chi connectivity index (χ4n) is 4.65. The molecule has 0 spiro atoms. The summed E-state index contributed by atoms with van der Waals surface area (Å²) in [6.07, 6.45) is 11.8. The molecule has 0 unspecified atom stereocenters. The summed E-state index contributed by atoms with van der Waals surface area (Å²) in [7, 11) is 0. The van der Waals surface area contributed by atoms with Gasteiger partial charge in [0.15, 0.2) is 0 Å². The zero-order chi connectivity index (χ0) is 22.0. The molecule has 1 aliphatic rings. The summed E-state index contributed by atoms with van der Waals surface area (Å²) in [5, 5.41) is 8.86. The smallest absolute Gasteiger partial charge is 0.138 e. The van der Waals surface area contributed by atoms with Crippen molar-refractivity contribution < 1.29 is 4.74 Å². The van der Waals surface area contributed by atoms with E-state index in [4.69, 9.17) is 4.74 Å². The predicted molar refractivity (Wildman–Crippen MR) is 130 cm³/mol. The molecule has 0 amide bonds. The van der Waals surface area contributed by atoms with Gasteiger partial charge in [-0.15, -0.1) is 0 Å². The van der Waals surface area contributed by atoms with E-state index in [0.29, 0.717) is 6.10 Å². The second-order valence-electron chi connectivity index (χ2n) is 8.62. The van der Waals surface area contributed by atoms with Crippen LogP contribution in [-0.4, -0.2) is 31.3 Å². The Labute approximate surface area is 192 Å². The van der Waals surface area contributed by atoms with Crippen LogP contribution in [0.25, 0.3) is 44.8 Å². The monoisotopic (exact) mass is 435 g/mol. The Hall–Kier alpha value is -3.93. The molecular weight excluding hydrogens is 410 g/mol. The highest BCUT2D eigenvalue weighted by molar-refractivity contribution is 5.97. The SMILES string of the molecule is c1ccc(-c2cccc3[nH]c(-c4cc(-c5cncc(OC6CCCCC6)c5)n[nH]4)cc23)nc1. The van der Waals surface area contributed by atoms with E-state index >= 15 is 0 Å². The van der Waals surface area contributed by atoms with Crippen LogP contribution in [-0.2, 0) is 0 Å². The first-order chi connectivity index (χ1) is 16.3. The molecular formula is C27H25N5O. The van der Waals surface area contributed by atoms with Gasteiger partial charge in [0.25, 0.3) is 0 Å². The van der Waals surface area contributed by atoms with Gasteiger partial charge < -0.3 is 9.72 Å². The van der Waals surface area contributed by atoms with Gasteiger partial charge in [-0.25, -0.2) is 0 Å². The van der Waals surface area contributed by atoms with Crippen LogP contribution in [0.2, 0.25) is 0 Å². The van der Waals surface area contributed by atoms with Crippen molar-refractivity contribution in [2.75, 3.05) is 0 Å². The van der Waals surface area contributed by atoms with Gasteiger partial charge in [-0.1, -0.05) is 24.6 Å². The molecule has 1 aromatic carbocycles. The van der Waals surface area contributed by atoms with Crippen molar-refractivity contribution in [3.63, 3.8) is 0 Å². The molecule has 0 aliphatic heterocycles. The van der Waals surface area contributed by atoms with Gasteiger partial charge in [0, 0.05) is 34.4 Å². The molecule has 33 heavy (non-hydrogen) atoms. The van der Waals surface area contributed by atoms with E-state index in [-0.39, 0.29) is 0 Å². The molecule has 164 valence electrons. The van der Waals surface area contributed by atoms with Crippen LogP contribution in [0.5, 0.6) is 5.75 Å². The van der Waals surface area contributed by atoms with Crippen molar-refractivity contribution in [1.29, 1.82) is 0 Å². The molecule has 6 heteroatoms. The number of pyridine rings is 2. The lowest BCUT2D eigenvalue weighted by molar-refractivity contribution is 0.154. The number of fused-ring (bicyclic) bond motifs is 1. The fourth-order valence-corrected chi connectivity index (χ4v) is 4.65. The van der Waals surface area contributed by atoms with Crippen molar-refractivity contribution in [2.45, 2.75) is 38.2 Å². The van der Waals surface area contributed by atoms with Crippen LogP contribution in [0.1, 0.15) is 32.1 Å². The van der Waals surface area contributed by atoms with Crippen LogP contribution in [0.3, 0.4) is 0 Å². The Morgan fingerprint density at radius 1 is 0.848 bits per heavy atom. The number of nitrogens with zero attached hydrogens (tertiary/aromatic N) is 3. The molecule has 5 aromatic rings. The van der Waals surface area contributed by atoms with Crippen molar-refractivity contribution in [3.05, 3.63) is 73.2 Å². The lowest BCUT2D eigenvalue weighted by atomic mass is 9.98. The zero-order valence-corrected chi connectivity index (χ0v) is 18.3. The number of ether oxygens (including phenoxy) is 1. The number of aromatic nitrogens is 5. The van der Waals surface area contributed by atoms with E-state index in [0.717, 1.165) is 63.4 Å². The summed E-state index contributed by atoms with van der Waals surface area (Å²) in [4.78, 5) is 12.4. The third kappa shape index (κ3) is 4.00. The number of H-pyrrole nitrogens is 2. The largest absolute Gasteiger partial charge is 0.489 e. The number of benzene rings is 1. The van der Waals surface area contributed by atoms with Crippen LogP contribution >= 0.6 is 0 Å². The molecule has 6 rings (SSSR count). The van der Waals surface area contributed by atoms with Crippen molar-refractivity contribution >= 4 is 10.9 Å². The third-order valence-electron chi connectivity index (χ3n) is 6.34. The van der Waals surface area contributed by atoms with Crippen molar-refractivity contribution in [3.8, 4) is 39.7 Å². The average molecular weight is 436 g/mol. The second kappa shape index (κ2) is 8.54. The zero-order valence-electron chi connectivity index (χ0n) is 18.3. The van der Waals surface area contributed by atoms with Gasteiger partial charge in [0.2, 0.25) is 0 Å². The Kier molecular flexibility index (Phi) is 5.11. The molecule has 4 heterocycles. The number of rotatable bonds is 5. The third-order valence-corrected chi connectivity index (χ3v) is 6.34. The van der Waals surface area contributed by atoms with E-state index in [1.807, 2.05) is 42.7 Å². The van der Waals surface area contributed by atoms with Gasteiger partial charge in [0.05, 0.1) is 35.1 Å². The number of hydrogen-bond donors (Lipinski definition) is 2. The van der Waals surface area contributed by atoms with Crippen LogP contribution < -0.4 is 4.74 Å². The highest BCUT2D eigenvalue weighted by Crippen LogP contribution is 2.32. The second-order valence-corrected chi connectivity index (χ2v) is 8.62. The molecule has 0 radical (unpaired) electrons. The first-order valence-corrected chi connectivity index (χ1v) is 11.5. The van der Waals surface area contributed by atoms with Crippen LogP contribution in [0.15, 0.2) is 73.2 Å². The first kappa shape index (κ1) is 19.7. The Balaban J connectivity index is 1.29. The van der Waals surface area contributed by atoms with Gasteiger partial charge in [0.1, 0.15) is 5.75 Å². The molecule has 0 atom stereocenters. The Morgan fingerprint density at radius 2 is 1.79 bits per heavy atom. The average Bonchev–Trinajstić information content (AvgIpc) is 3.53. The molecule has 6 nitrogen and oxygen atoms in total. The maximum absolute atomic E-state index is 6.19. The first-order valence-electron chi connectivity index (χ1n) is 11.5. The van der Waals surface area contributed by atoms with Gasteiger partial charge in [-0.2, -0.15) is 5.10 Å². The van der Waals surface area contributed by atoms with Gasteiger partial charge >= 0.3 is 0 Å². The molecule has 2 N–H and O–H groups in total. The molecule has 4 aromatic heterocycles. The quantitative estimate of drug-likeness (QED) is 0.335. The van der Waals surface area contributed by atoms with Gasteiger partial charge in [-0.05, 0) is 62.1 Å². The van der Waals surface area contributed by atoms with E-state index in [1.54, 1.807) is 6.20 Å². The van der Waals surface area contributed by atoms with Gasteiger partial charge in [-0.3, -0.25) is 15.1 Å². The summed E-state index contributed by atoms with van der Waals surface area (Å²) >= 11 is 0. The van der Waals surface area contributed by atoms with Crippen LogP contribution in [0.4, 0.5) is 0 Å². The number of aromatic amines is 2. The maximum atomic E-state index is 6.19. The molecule has 0 saturated heterocycles. The lowest BCUT2D eigenvalue weighted by Crippen LogP contribution is -2.19. The summed E-state index contributed by atoms with van der Waals surface area (Å²) in [5.41, 5.74) is 6.81. The normalized spacial score (nSPS) is 14.5. The fraction of sp³-hybridized carbons (Fsp3) is 0.222. The van der Waals surface area contributed by atoms with E-state index in [9.17, 15) is 0 Å². The summed E-state index contributed by atoms with van der Waals surface area (Å²) in [6.45, 7) is 0. The summed E-state index contributed by atoms with van der Waals surface area (Å²) in [5.74, 6) is 0.814. The highest BCUT2D eigenvalue weighted by atomic mass is 16.5.